The van der Waals surface area contributed by atoms with Crippen molar-refractivity contribution < 1.29 is 4.79 Å². The second-order valence-electron chi connectivity index (χ2n) is 6.72. The Hall–Kier alpha value is -3.32. The van der Waals surface area contributed by atoms with E-state index in [4.69, 9.17) is 0 Å². The first-order chi connectivity index (χ1) is 13.8. The summed E-state index contributed by atoms with van der Waals surface area (Å²) in [6, 6.07) is 13.5. The fourth-order valence-corrected chi connectivity index (χ4v) is 3.83. The summed E-state index contributed by atoms with van der Waals surface area (Å²) in [6.45, 7) is 0. The Balaban J connectivity index is 1.50. The molecule has 0 atom stereocenters. The zero-order valence-corrected chi connectivity index (χ0v) is 15.8. The van der Waals surface area contributed by atoms with E-state index in [0.717, 1.165) is 16.9 Å². The lowest BCUT2D eigenvalue weighted by Crippen LogP contribution is -2.12. The zero-order chi connectivity index (χ0) is 18.9. The van der Waals surface area contributed by atoms with Gasteiger partial charge in [0.1, 0.15) is 5.69 Å². The molecule has 5 rings (SSSR count). The van der Waals surface area contributed by atoms with Gasteiger partial charge in [-0.15, -0.1) is 11.3 Å². The summed E-state index contributed by atoms with van der Waals surface area (Å²) in [6.07, 6.45) is 7.54. The maximum atomic E-state index is 13.0. The summed E-state index contributed by atoms with van der Waals surface area (Å²) in [4.78, 5) is 21.7. The van der Waals surface area contributed by atoms with E-state index in [0.29, 0.717) is 22.3 Å². The van der Waals surface area contributed by atoms with Crippen LogP contribution in [0.3, 0.4) is 0 Å². The lowest BCUT2D eigenvalue weighted by molar-refractivity contribution is 0.102. The molecule has 0 bridgehead atoms. The second-order valence-corrected chi connectivity index (χ2v) is 7.58. The fourth-order valence-electron chi connectivity index (χ4n) is 3.04. The molecule has 28 heavy (non-hydrogen) atoms. The number of nitrogens with zero attached hydrogens (tertiary/aromatic N) is 4. The van der Waals surface area contributed by atoms with Crippen molar-refractivity contribution in [3.63, 3.8) is 0 Å². The van der Waals surface area contributed by atoms with Crippen molar-refractivity contribution in [1.29, 1.82) is 0 Å². The molecule has 1 fully saturated rings. The van der Waals surface area contributed by atoms with Crippen LogP contribution in [0.25, 0.3) is 16.9 Å². The largest absolute Gasteiger partial charge is 0.298 e. The highest BCUT2D eigenvalue weighted by Gasteiger charge is 2.27. The Bertz CT molecular complexity index is 1120. The number of para-hydroxylation sites is 1. The topological polar surface area (TPSA) is 72.7 Å². The van der Waals surface area contributed by atoms with E-state index >= 15 is 0 Å². The summed E-state index contributed by atoms with van der Waals surface area (Å²) in [7, 11) is 0. The maximum absolute atomic E-state index is 13.0. The van der Waals surface area contributed by atoms with Gasteiger partial charge in [-0.05, 0) is 37.1 Å². The first-order valence-corrected chi connectivity index (χ1v) is 9.98. The summed E-state index contributed by atoms with van der Waals surface area (Å²) >= 11 is 1.46. The van der Waals surface area contributed by atoms with Gasteiger partial charge in [0.15, 0.2) is 5.13 Å². The molecule has 0 spiro atoms. The highest BCUT2D eigenvalue weighted by molar-refractivity contribution is 7.14. The Morgan fingerprint density at radius 2 is 2.00 bits per heavy atom. The van der Waals surface area contributed by atoms with Gasteiger partial charge >= 0.3 is 0 Å². The molecule has 1 aliphatic rings. The quantitative estimate of drug-likeness (QED) is 0.546. The minimum absolute atomic E-state index is 0.224. The number of anilines is 1. The third-order valence-electron chi connectivity index (χ3n) is 4.65. The van der Waals surface area contributed by atoms with Crippen LogP contribution in [-0.2, 0) is 0 Å². The van der Waals surface area contributed by atoms with Crippen molar-refractivity contribution in [2.24, 2.45) is 0 Å². The number of pyridine rings is 1. The van der Waals surface area contributed by atoms with E-state index in [-0.39, 0.29) is 5.91 Å². The Morgan fingerprint density at radius 1 is 1.14 bits per heavy atom. The second kappa shape index (κ2) is 7.01. The van der Waals surface area contributed by atoms with Crippen LogP contribution in [0.1, 0.15) is 34.8 Å². The van der Waals surface area contributed by atoms with Crippen LogP contribution < -0.4 is 5.32 Å². The van der Waals surface area contributed by atoms with Gasteiger partial charge in [-0.3, -0.25) is 15.1 Å². The molecule has 1 aliphatic carbocycles. The smallest absolute Gasteiger partial charge is 0.261 e. The molecule has 1 aromatic carbocycles. The van der Waals surface area contributed by atoms with Gasteiger partial charge in [0.25, 0.3) is 5.91 Å². The molecule has 138 valence electrons. The van der Waals surface area contributed by atoms with E-state index in [9.17, 15) is 4.79 Å². The van der Waals surface area contributed by atoms with Gasteiger partial charge in [-0.2, -0.15) is 5.10 Å². The van der Waals surface area contributed by atoms with Crippen molar-refractivity contribution >= 4 is 22.4 Å². The van der Waals surface area contributed by atoms with Crippen molar-refractivity contribution in [3.8, 4) is 16.9 Å². The first kappa shape index (κ1) is 16.8. The van der Waals surface area contributed by atoms with Crippen LogP contribution in [-0.4, -0.2) is 25.7 Å². The Kier molecular flexibility index (Phi) is 4.21. The highest BCUT2D eigenvalue weighted by Crippen LogP contribution is 2.41. The van der Waals surface area contributed by atoms with Crippen LogP contribution in [0, 0.1) is 0 Å². The van der Waals surface area contributed by atoms with Gasteiger partial charge in [0, 0.05) is 35.5 Å². The molecule has 0 saturated heterocycles. The number of hydrogen-bond acceptors (Lipinski definition) is 5. The number of amides is 1. The average molecular weight is 387 g/mol. The monoisotopic (exact) mass is 387 g/mol. The number of carbonyl (C=O) groups excluding carboxylic acids is 1. The van der Waals surface area contributed by atoms with E-state index in [2.05, 4.69) is 20.4 Å². The molecule has 3 aromatic heterocycles. The number of benzene rings is 1. The maximum Gasteiger partial charge on any atom is 0.261 e. The predicted molar refractivity (Wildman–Crippen MR) is 109 cm³/mol. The van der Waals surface area contributed by atoms with Gasteiger partial charge in [-0.1, -0.05) is 18.2 Å². The normalized spacial score (nSPS) is 13.4. The number of thiazole rings is 1. The van der Waals surface area contributed by atoms with Crippen molar-refractivity contribution in [1.82, 2.24) is 19.7 Å². The van der Waals surface area contributed by atoms with E-state index < -0.39 is 0 Å². The summed E-state index contributed by atoms with van der Waals surface area (Å²) in [5.74, 6) is 0.339. The zero-order valence-electron chi connectivity index (χ0n) is 14.9. The summed E-state index contributed by atoms with van der Waals surface area (Å²) < 4.78 is 1.72. The van der Waals surface area contributed by atoms with Crippen LogP contribution >= 0.6 is 11.3 Å². The van der Waals surface area contributed by atoms with E-state index in [1.807, 2.05) is 47.8 Å². The molecule has 1 amide bonds. The average Bonchev–Trinajstić information content (AvgIpc) is 3.32. The number of nitrogens with one attached hydrogen (secondary N) is 1. The molecular formula is C21H17N5OS. The molecule has 0 unspecified atom stereocenters. The fraction of sp³-hybridized carbons (Fsp3) is 0.143. The molecule has 0 aliphatic heterocycles. The lowest BCUT2D eigenvalue weighted by Gasteiger charge is -2.02. The molecule has 3 heterocycles. The van der Waals surface area contributed by atoms with Crippen molar-refractivity contribution in [2.45, 2.75) is 18.8 Å². The minimum atomic E-state index is -0.224. The van der Waals surface area contributed by atoms with Crippen molar-refractivity contribution in [3.05, 3.63) is 77.7 Å². The van der Waals surface area contributed by atoms with Crippen LogP contribution in [0.5, 0.6) is 0 Å². The Morgan fingerprint density at radius 3 is 2.75 bits per heavy atom. The SMILES string of the molecule is O=C(Nc1nc(C2CC2)cs1)c1cn(-c2ccccc2)nc1-c1cccnc1. The third-order valence-corrected chi connectivity index (χ3v) is 5.43. The van der Waals surface area contributed by atoms with Gasteiger partial charge < -0.3 is 0 Å². The first-order valence-electron chi connectivity index (χ1n) is 9.10. The van der Waals surface area contributed by atoms with Gasteiger partial charge in [0.05, 0.1) is 16.9 Å². The predicted octanol–water partition coefficient (Wildman–Crippen LogP) is 4.52. The number of aromatic nitrogens is 4. The van der Waals surface area contributed by atoms with Gasteiger partial charge in [0.2, 0.25) is 0 Å². The van der Waals surface area contributed by atoms with Crippen LogP contribution in [0.15, 0.2) is 66.4 Å². The number of rotatable bonds is 5. The molecule has 7 heteroatoms. The van der Waals surface area contributed by atoms with Crippen LogP contribution in [0.2, 0.25) is 0 Å². The molecule has 4 aromatic rings. The number of carbonyl (C=O) groups is 1. The van der Waals surface area contributed by atoms with Crippen LogP contribution in [0.4, 0.5) is 5.13 Å². The molecule has 6 nitrogen and oxygen atoms in total. The molecule has 1 saturated carbocycles. The minimum Gasteiger partial charge on any atom is -0.298 e. The highest BCUT2D eigenvalue weighted by atomic mass is 32.1. The summed E-state index contributed by atoms with van der Waals surface area (Å²) in [5, 5.41) is 10.2. The standard InChI is InChI=1S/C21H17N5OS/c27-20(24-21-23-18(13-28-21)14-8-9-14)17-12-26(16-6-2-1-3-7-16)25-19(17)15-5-4-10-22-11-15/h1-7,10-14H,8-9H2,(H,23,24,27). The molecular weight excluding hydrogens is 370 g/mol. The lowest BCUT2D eigenvalue weighted by atomic mass is 10.1. The van der Waals surface area contributed by atoms with E-state index in [1.54, 1.807) is 23.3 Å². The van der Waals surface area contributed by atoms with Crippen molar-refractivity contribution in [2.75, 3.05) is 5.32 Å². The van der Waals surface area contributed by atoms with Gasteiger partial charge in [-0.25, -0.2) is 9.67 Å². The van der Waals surface area contributed by atoms with E-state index in [1.165, 1.54) is 24.2 Å². The third kappa shape index (κ3) is 3.32. The Labute approximate surface area is 165 Å². The molecule has 1 N–H and O–H groups in total. The number of hydrogen-bond donors (Lipinski definition) is 1. The molecule has 0 radical (unpaired) electrons. The summed E-state index contributed by atoms with van der Waals surface area (Å²) in [5.41, 5.74) is 3.83.